The van der Waals surface area contributed by atoms with Gasteiger partial charge in [0.1, 0.15) is 5.01 Å². The fraction of sp³-hybridized carbons (Fsp3) is 0.474. The maximum absolute atomic E-state index is 12.9. The molecule has 4 rings (SSSR count). The van der Waals surface area contributed by atoms with E-state index in [1.54, 1.807) is 25.4 Å². The Bertz CT molecular complexity index is 937. The van der Waals surface area contributed by atoms with Crippen molar-refractivity contribution in [2.45, 2.75) is 43.7 Å². The summed E-state index contributed by atoms with van der Waals surface area (Å²) in [6.45, 7) is 1.48. The summed E-state index contributed by atoms with van der Waals surface area (Å²) in [5.74, 6) is 0.393. The summed E-state index contributed by atoms with van der Waals surface area (Å²) in [6.07, 6.45) is 5.56. The molecule has 8 heteroatoms. The Balaban J connectivity index is 1.54. The van der Waals surface area contributed by atoms with E-state index in [0.717, 1.165) is 48.4 Å². The first-order valence-corrected chi connectivity index (χ1v) is 11.5. The predicted molar refractivity (Wildman–Crippen MR) is 104 cm³/mol. The fourth-order valence-electron chi connectivity index (χ4n) is 3.58. The van der Waals surface area contributed by atoms with E-state index >= 15 is 0 Å². The molecule has 1 aliphatic carbocycles. The summed E-state index contributed by atoms with van der Waals surface area (Å²) in [4.78, 5) is 18.9. The quantitative estimate of drug-likeness (QED) is 0.767. The first-order valence-electron chi connectivity index (χ1n) is 9.20. The van der Waals surface area contributed by atoms with Crippen LogP contribution in [0, 0.1) is 5.92 Å². The van der Waals surface area contributed by atoms with Crippen molar-refractivity contribution in [3.8, 4) is 0 Å². The number of rotatable bonds is 5. The van der Waals surface area contributed by atoms with E-state index in [4.69, 9.17) is 0 Å². The molecule has 1 amide bonds. The second kappa shape index (κ2) is 7.33. The molecule has 0 bridgehead atoms. The van der Waals surface area contributed by atoms with Crippen LogP contribution in [0.15, 0.2) is 34.7 Å². The first-order chi connectivity index (χ1) is 12.9. The van der Waals surface area contributed by atoms with E-state index in [1.807, 2.05) is 16.3 Å². The highest BCUT2D eigenvalue weighted by Gasteiger charge is 2.32. The van der Waals surface area contributed by atoms with Crippen molar-refractivity contribution in [1.29, 1.82) is 0 Å². The summed E-state index contributed by atoms with van der Waals surface area (Å²) < 4.78 is 27.2. The van der Waals surface area contributed by atoms with Crippen LogP contribution in [0.4, 0.5) is 0 Å². The van der Waals surface area contributed by atoms with Crippen molar-refractivity contribution in [3.05, 3.63) is 45.9 Å². The zero-order valence-electron chi connectivity index (χ0n) is 15.3. The summed E-state index contributed by atoms with van der Waals surface area (Å²) in [6, 6.07) is 5.31. The lowest BCUT2D eigenvalue weighted by atomic mass is 9.84. The SMILES string of the molecule is CN(Cc1nccs1)S(=O)(=O)c1ccc2c(c1)CN(C(=O)C1CCC1)CC2. The lowest BCUT2D eigenvalue weighted by Gasteiger charge is -2.35. The van der Waals surface area contributed by atoms with Gasteiger partial charge in [-0.2, -0.15) is 4.31 Å². The molecule has 6 nitrogen and oxygen atoms in total. The number of benzene rings is 1. The number of sulfonamides is 1. The number of hydrogen-bond acceptors (Lipinski definition) is 5. The minimum atomic E-state index is -3.60. The molecule has 1 fully saturated rings. The van der Waals surface area contributed by atoms with E-state index < -0.39 is 10.0 Å². The van der Waals surface area contributed by atoms with Gasteiger partial charge in [0.05, 0.1) is 11.4 Å². The summed E-state index contributed by atoms with van der Waals surface area (Å²) in [7, 11) is -2.03. The molecule has 1 saturated carbocycles. The van der Waals surface area contributed by atoms with Gasteiger partial charge in [-0.15, -0.1) is 11.3 Å². The van der Waals surface area contributed by atoms with Crippen molar-refractivity contribution in [1.82, 2.24) is 14.2 Å². The number of carbonyl (C=O) groups is 1. The molecule has 2 heterocycles. The molecule has 144 valence electrons. The van der Waals surface area contributed by atoms with Crippen LogP contribution in [0.2, 0.25) is 0 Å². The van der Waals surface area contributed by atoms with Gasteiger partial charge in [-0.25, -0.2) is 13.4 Å². The van der Waals surface area contributed by atoms with Crippen LogP contribution in [-0.4, -0.2) is 42.1 Å². The van der Waals surface area contributed by atoms with E-state index in [1.165, 1.54) is 15.6 Å². The van der Waals surface area contributed by atoms with Crippen LogP contribution in [0.3, 0.4) is 0 Å². The Labute approximate surface area is 163 Å². The number of aromatic nitrogens is 1. The highest BCUT2D eigenvalue weighted by molar-refractivity contribution is 7.89. The Morgan fingerprint density at radius 2 is 2.15 bits per heavy atom. The minimum absolute atomic E-state index is 0.169. The Morgan fingerprint density at radius 1 is 1.33 bits per heavy atom. The second-order valence-electron chi connectivity index (χ2n) is 7.26. The Morgan fingerprint density at radius 3 is 2.81 bits per heavy atom. The molecule has 0 unspecified atom stereocenters. The number of amides is 1. The van der Waals surface area contributed by atoms with Crippen LogP contribution in [0.25, 0.3) is 0 Å². The predicted octanol–water partition coefficient (Wildman–Crippen LogP) is 2.65. The van der Waals surface area contributed by atoms with Crippen LogP contribution >= 0.6 is 11.3 Å². The van der Waals surface area contributed by atoms with Gasteiger partial charge in [0.2, 0.25) is 15.9 Å². The summed E-state index contributed by atoms with van der Waals surface area (Å²) >= 11 is 1.44. The van der Waals surface area contributed by atoms with Crippen molar-refractivity contribution < 1.29 is 13.2 Å². The van der Waals surface area contributed by atoms with Gasteiger partial charge in [-0.1, -0.05) is 12.5 Å². The van der Waals surface area contributed by atoms with E-state index in [0.29, 0.717) is 6.54 Å². The molecule has 1 aromatic heterocycles. The zero-order valence-corrected chi connectivity index (χ0v) is 16.9. The molecule has 0 atom stereocenters. The highest BCUT2D eigenvalue weighted by atomic mass is 32.2. The standard InChI is InChI=1S/C19H23N3O3S2/c1-21(13-18-20-8-10-26-18)27(24,25)17-6-5-14-7-9-22(12-16(14)11-17)19(23)15-3-2-4-15/h5-6,8,10-11,15H,2-4,7,9,12-13H2,1H3. The molecule has 1 aromatic carbocycles. The number of thiazole rings is 1. The molecule has 1 aliphatic heterocycles. The Hall–Kier alpha value is -1.77. The van der Waals surface area contributed by atoms with Crippen molar-refractivity contribution >= 4 is 27.3 Å². The third-order valence-electron chi connectivity index (χ3n) is 5.51. The minimum Gasteiger partial charge on any atom is -0.338 e. The third-order valence-corrected chi connectivity index (χ3v) is 8.07. The fourth-order valence-corrected chi connectivity index (χ4v) is 5.52. The molecule has 0 radical (unpaired) electrons. The van der Waals surface area contributed by atoms with Gasteiger partial charge in [0.15, 0.2) is 0 Å². The molecular weight excluding hydrogens is 382 g/mol. The van der Waals surface area contributed by atoms with Crippen LogP contribution in [-0.2, 0) is 34.3 Å². The highest BCUT2D eigenvalue weighted by Crippen LogP contribution is 2.31. The largest absolute Gasteiger partial charge is 0.338 e. The van der Waals surface area contributed by atoms with E-state index in [9.17, 15) is 13.2 Å². The van der Waals surface area contributed by atoms with Crippen molar-refractivity contribution in [2.24, 2.45) is 5.92 Å². The van der Waals surface area contributed by atoms with E-state index in [2.05, 4.69) is 4.98 Å². The lowest BCUT2D eigenvalue weighted by Crippen LogP contribution is -2.41. The smallest absolute Gasteiger partial charge is 0.243 e. The van der Waals surface area contributed by atoms with Gasteiger partial charge in [0, 0.05) is 37.6 Å². The zero-order chi connectivity index (χ0) is 19.0. The molecular formula is C19H23N3O3S2. The average Bonchev–Trinajstić information content (AvgIpc) is 3.12. The maximum atomic E-state index is 12.9. The van der Waals surface area contributed by atoms with Gasteiger partial charge < -0.3 is 4.90 Å². The number of hydrogen-bond donors (Lipinski definition) is 0. The molecule has 27 heavy (non-hydrogen) atoms. The first kappa shape index (κ1) is 18.6. The molecule has 0 N–H and O–H groups in total. The van der Waals surface area contributed by atoms with Crippen LogP contribution in [0.1, 0.15) is 35.4 Å². The molecule has 2 aliphatic rings. The van der Waals surface area contributed by atoms with E-state index in [-0.39, 0.29) is 23.3 Å². The van der Waals surface area contributed by atoms with Gasteiger partial charge in [-0.3, -0.25) is 4.79 Å². The second-order valence-corrected chi connectivity index (χ2v) is 10.3. The summed E-state index contributed by atoms with van der Waals surface area (Å²) in [5, 5.41) is 2.60. The number of nitrogens with zero attached hydrogens (tertiary/aromatic N) is 3. The topological polar surface area (TPSA) is 70.6 Å². The van der Waals surface area contributed by atoms with Gasteiger partial charge in [0.25, 0.3) is 0 Å². The third kappa shape index (κ3) is 3.66. The van der Waals surface area contributed by atoms with Gasteiger partial charge in [-0.05, 0) is 42.5 Å². The lowest BCUT2D eigenvalue weighted by molar-refractivity contribution is -0.139. The average molecular weight is 406 g/mol. The normalized spacial score (nSPS) is 17.6. The maximum Gasteiger partial charge on any atom is 0.243 e. The summed E-state index contributed by atoms with van der Waals surface area (Å²) in [5.41, 5.74) is 2.08. The number of fused-ring (bicyclic) bond motifs is 1. The van der Waals surface area contributed by atoms with Crippen LogP contribution < -0.4 is 0 Å². The molecule has 0 saturated heterocycles. The number of carbonyl (C=O) groups excluding carboxylic acids is 1. The van der Waals surface area contributed by atoms with Crippen molar-refractivity contribution in [3.63, 3.8) is 0 Å². The molecule has 0 spiro atoms. The van der Waals surface area contributed by atoms with Gasteiger partial charge >= 0.3 is 0 Å². The monoisotopic (exact) mass is 405 g/mol. The Kier molecular flexibility index (Phi) is 5.05. The van der Waals surface area contributed by atoms with Crippen LogP contribution in [0.5, 0.6) is 0 Å². The molecule has 2 aromatic rings. The van der Waals surface area contributed by atoms with Crippen molar-refractivity contribution in [2.75, 3.05) is 13.6 Å².